The predicted molar refractivity (Wildman–Crippen MR) is 59.9 cm³/mol. The highest BCUT2D eigenvalue weighted by atomic mass is 16.4. The third-order valence-electron chi connectivity index (χ3n) is 2.26. The van der Waals surface area contributed by atoms with Crippen LogP contribution in [0.1, 0.15) is 6.42 Å². The fourth-order valence-corrected chi connectivity index (χ4v) is 1.46. The van der Waals surface area contributed by atoms with E-state index in [9.17, 15) is 4.79 Å². The molecule has 0 atom stereocenters. The molecule has 0 saturated heterocycles. The van der Waals surface area contributed by atoms with E-state index in [4.69, 9.17) is 5.11 Å². The lowest BCUT2D eigenvalue weighted by atomic mass is 10.2. The monoisotopic (exact) mass is 216 g/mol. The Balaban J connectivity index is 2.11. The smallest absolute Gasteiger partial charge is 0.305 e. The van der Waals surface area contributed by atoms with Gasteiger partial charge in [0, 0.05) is 11.8 Å². The maximum absolute atomic E-state index is 10.4. The molecule has 0 bridgehead atoms. The van der Waals surface area contributed by atoms with Crippen molar-refractivity contribution in [3.8, 4) is 11.3 Å². The van der Waals surface area contributed by atoms with Gasteiger partial charge in [0.1, 0.15) is 0 Å². The molecule has 1 N–H and O–H groups in total. The van der Waals surface area contributed by atoms with E-state index in [1.807, 2.05) is 36.4 Å². The highest BCUT2D eigenvalue weighted by molar-refractivity contribution is 5.66. The maximum Gasteiger partial charge on any atom is 0.305 e. The van der Waals surface area contributed by atoms with E-state index in [1.165, 1.54) is 0 Å². The molecule has 0 spiro atoms. The van der Waals surface area contributed by atoms with Crippen molar-refractivity contribution in [2.45, 2.75) is 13.0 Å². The van der Waals surface area contributed by atoms with Crippen LogP contribution in [-0.2, 0) is 11.3 Å². The van der Waals surface area contributed by atoms with Gasteiger partial charge in [-0.15, -0.1) is 0 Å². The number of hydrogen-bond acceptors (Lipinski definition) is 2. The zero-order valence-corrected chi connectivity index (χ0v) is 8.71. The van der Waals surface area contributed by atoms with Crippen LogP contribution in [0, 0.1) is 0 Å². The van der Waals surface area contributed by atoms with Crippen LogP contribution in [0.5, 0.6) is 0 Å². The van der Waals surface area contributed by atoms with E-state index >= 15 is 0 Å². The fourth-order valence-electron chi connectivity index (χ4n) is 1.46. The van der Waals surface area contributed by atoms with Crippen molar-refractivity contribution in [2.24, 2.45) is 0 Å². The van der Waals surface area contributed by atoms with E-state index in [1.54, 1.807) is 10.9 Å². The summed E-state index contributed by atoms with van der Waals surface area (Å²) in [5.41, 5.74) is 1.91. The molecule has 0 saturated carbocycles. The van der Waals surface area contributed by atoms with Gasteiger partial charge < -0.3 is 5.11 Å². The number of aromatic nitrogens is 2. The molecule has 1 aromatic heterocycles. The third-order valence-corrected chi connectivity index (χ3v) is 2.26. The minimum atomic E-state index is -0.809. The summed E-state index contributed by atoms with van der Waals surface area (Å²) >= 11 is 0. The van der Waals surface area contributed by atoms with Gasteiger partial charge >= 0.3 is 5.97 Å². The Labute approximate surface area is 93.1 Å². The van der Waals surface area contributed by atoms with Crippen molar-refractivity contribution in [2.75, 3.05) is 0 Å². The molecule has 0 amide bonds. The van der Waals surface area contributed by atoms with Gasteiger partial charge in [0.2, 0.25) is 0 Å². The predicted octanol–water partition coefficient (Wildman–Crippen LogP) is 2.02. The SMILES string of the molecule is O=C(O)CCn1ccc(-c2ccccc2)n1. The first-order valence-corrected chi connectivity index (χ1v) is 5.06. The van der Waals surface area contributed by atoms with Gasteiger partial charge in [-0.25, -0.2) is 0 Å². The normalized spacial score (nSPS) is 10.2. The fraction of sp³-hybridized carbons (Fsp3) is 0.167. The molecule has 16 heavy (non-hydrogen) atoms. The first-order valence-electron chi connectivity index (χ1n) is 5.06. The van der Waals surface area contributed by atoms with Gasteiger partial charge in [-0.1, -0.05) is 30.3 Å². The summed E-state index contributed by atoms with van der Waals surface area (Å²) < 4.78 is 1.65. The van der Waals surface area contributed by atoms with Crippen LogP contribution in [0.3, 0.4) is 0 Å². The van der Waals surface area contributed by atoms with Crippen molar-refractivity contribution >= 4 is 5.97 Å². The topological polar surface area (TPSA) is 55.1 Å². The van der Waals surface area contributed by atoms with Gasteiger partial charge in [0.25, 0.3) is 0 Å². The summed E-state index contributed by atoms with van der Waals surface area (Å²) in [6.45, 7) is 0.405. The minimum absolute atomic E-state index is 0.0932. The van der Waals surface area contributed by atoms with Crippen LogP contribution in [0.4, 0.5) is 0 Å². The molecule has 0 aliphatic rings. The number of hydrogen-bond donors (Lipinski definition) is 1. The summed E-state index contributed by atoms with van der Waals surface area (Å²) in [4.78, 5) is 10.4. The average molecular weight is 216 g/mol. The molecule has 4 heteroatoms. The third kappa shape index (κ3) is 2.48. The van der Waals surface area contributed by atoms with E-state index in [2.05, 4.69) is 5.10 Å². The van der Waals surface area contributed by atoms with Crippen LogP contribution in [0.25, 0.3) is 11.3 Å². The summed E-state index contributed by atoms with van der Waals surface area (Å²) in [6, 6.07) is 11.7. The van der Waals surface area contributed by atoms with Crippen LogP contribution < -0.4 is 0 Å². The summed E-state index contributed by atoms with van der Waals surface area (Å²) in [5, 5.41) is 12.9. The van der Waals surface area contributed by atoms with Crippen molar-refractivity contribution in [3.05, 3.63) is 42.6 Å². The van der Waals surface area contributed by atoms with Gasteiger partial charge in [0.05, 0.1) is 18.7 Å². The second kappa shape index (κ2) is 4.61. The Hall–Kier alpha value is -2.10. The van der Waals surface area contributed by atoms with Crippen molar-refractivity contribution < 1.29 is 9.90 Å². The van der Waals surface area contributed by atoms with Crippen molar-refractivity contribution in [1.82, 2.24) is 9.78 Å². The van der Waals surface area contributed by atoms with Gasteiger partial charge in [-0.3, -0.25) is 9.48 Å². The number of rotatable bonds is 4. The highest BCUT2D eigenvalue weighted by Gasteiger charge is 2.02. The van der Waals surface area contributed by atoms with Gasteiger partial charge in [0.15, 0.2) is 0 Å². The zero-order chi connectivity index (χ0) is 11.4. The maximum atomic E-state index is 10.4. The van der Waals surface area contributed by atoms with E-state index in [0.717, 1.165) is 11.3 Å². The summed E-state index contributed by atoms with van der Waals surface area (Å²) in [5.74, 6) is -0.809. The standard InChI is InChI=1S/C12H12N2O2/c15-12(16)7-9-14-8-6-11(13-14)10-4-2-1-3-5-10/h1-6,8H,7,9H2,(H,15,16). The summed E-state index contributed by atoms with van der Waals surface area (Å²) in [6.07, 6.45) is 1.89. The molecule has 0 aliphatic heterocycles. The van der Waals surface area contributed by atoms with Gasteiger partial charge in [-0.05, 0) is 6.07 Å². The lowest BCUT2D eigenvalue weighted by Gasteiger charge is -1.98. The van der Waals surface area contributed by atoms with Crippen LogP contribution >= 0.6 is 0 Å². The number of aryl methyl sites for hydroxylation is 1. The number of carboxylic acids is 1. The summed E-state index contributed by atoms with van der Waals surface area (Å²) in [7, 11) is 0. The zero-order valence-electron chi connectivity index (χ0n) is 8.71. The molecule has 1 aromatic carbocycles. The second-order valence-corrected chi connectivity index (χ2v) is 3.47. The molecule has 82 valence electrons. The van der Waals surface area contributed by atoms with E-state index in [0.29, 0.717) is 6.54 Å². The number of benzene rings is 1. The van der Waals surface area contributed by atoms with Crippen LogP contribution in [-0.4, -0.2) is 20.9 Å². The van der Waals surface area contributed by atoms with E-state index < -0.39 is 5.97 Å². The molecule has 0 unspecified atom stereocenters. The van der Waals surface area contributed by atoms with Gasteiger partial charge in [-0.2, -0.15) is 5.10 Å². The molecular formula is C12H12N2O2. The minimum Gasteiger partial charge on any atom is -0.481 e. The molecule has 0 fully saturated rings. The number of aliphatic carboxylic acids is 1. The molecule has 0 aliphatic carbocycles. The number of carbonyl (C=O) groups is 1. The molecule has 1 heterocycles. The Bertz CT molecular complexity index is 477. The first-order chi connectivity index (χ1) is 7.75. The molecule has 2 aromatic rings. The Kier molecular flexibility index (Phi) is 3.00. The molecule has 0 radical (unpaired) electrons. The average Bonchev–Trinajstić information content (AvgIpc) is 2.76. The van der Waals surface area contributed by atoms with Crippen molar-refractivity contribution in [1.29, 1.82) is 0 Å². The van der Waals surface area contributed by atoms with Crippen LogP contribution in [0.2, 0.25) is 0 Å². The lowest BCUT2D eigenvalue weighted by molar-refractivity contribution is -0.137. The number of carboxylic acid groups (broad SMARTS) is 1. The Morgan fingerprint density at radius 3 is 2.69 bits per heavy atom. The Morgan fingerprint density at radius 2 is 2.00 bits per heavy atom. The Morgan fingerprint density at radius 1 is 1.25 bits per heavy atom. The van der Waals surface area contributed by atoms with E-state index in [-0.39, 0.29) is 6.42 Å². The first kappa shape index (κ1) is 10.4. The molecule has 4 nitrogen and oxygen atoms in total. The van der Waals surface area contributed by atoms with Crippen LogP contribution in [0.15, 0.2) is 42.6 Å². The van der Waals surface area contributed by atoms with Crippen molar-refractivity contribution in [3.63, 3.8) is 0 Å². The molecule has 2 rings (SSSR count). The second-order valence-electron chi connectivity index (χ2n) is 3.47. The number of nitrogens with zero attached hydrogens (tertiary/aromatic N) is 2. The highest BCUT2D eigenvalue weighted by Crippen LogP contribution is 2.15. The molecular weight excluding hydrogens is 204 g/mol. The lowest BCUT2D eigenvalue weighted by Crippen LogP contribution is -2.04. The largest absolute Gasteiger partial charge is 0.481 e. The quantitative estimate of drug-likeness (QED) is 0.850.